The predicted octanol–water partition coefficient (Wildman–Crippen LogP) is 2.60. The van der Waals surface area contributed by atoms with Crippen LogP contribution in [0.2, 0.25) is 0 Å². The standard InChI is InChI=1S/C17H26N2O/c1-13(2)15-5-4-14(3)16(12-15)17(20)6-9-19-10-7-18-8-11-19/h4-5,12-13,18H,6-11H2,1-3H3. The van der Waals surface area contributed by atoms with Crippen molar-refractivity contribution >= 4 is 5.78 Å². The number of hydrogen-bond donors (Lipinski definition) is 1. The molecule has 1 aliphatic rings. The Labute approximate surface area is 122 Å². The second-order valence-electron chi connectivity index (χ2n) is 5.99. The van der Waals surface area contributed by atoms with Crippen molar-refractivity contribution < 1.29 is 4.79 Å². The minimum atomic E-state index is 0.281. The number of nitrogens with one attached hydrogen (secondary N) is 1. The first-order chi connectivity index (χ1) is 9.58. The molecule has 0 aromatic heterocycles. The number of rotatable bonds is 5. The Kier molecular flexibility index (Phi) is 5.32. The van der Waals surface area contributed by atoms with Gasteiger partial charge in [0.25, 0.3) is 0 Å². The van der Waals surface area contributed by atoms with Crippen LogP contribution in [0, 0.1) is 6.92 Å². The zero-order valence-electron chi connectivity index (χ0n) is 12.9. The lowest BCUT2D eigenvalue weighted by molar-refractivity contribution is 0.0960. The maximum absolute atomic E-state index is 12.4. The highest BCUT2D eigenvalue weighted by atomic mass is 16.1. The molecule has 1 N–H and O–H groups in total. The Morgan fingerprint density at radius 1 is 1.30 bits per heavy atom. The molecule has 0 saturated carbocycles. The first-order valence-electron chi connectivity index (χ1n) is 7.64. The lowest BCUT2D eigenvalue weighted by atomic mass is 9.95. The van der Waals surface area contributed by atoms with E-state index in [9.17, 15) is 4.79 Å². The van der Waals surface area contributed by atoms with Crippen LogP contribution in [0.4, 0.5) is 0 Å². The van der Waals surface area contributed by atoms with E-state index in [0.717, 1.165) is 43.9 Å². The fourth-order valence-corrected chi connectivity index (χ4v) is 2.63. The number of carbonyl (C=O) groups excluding carboxylic acids is 1. The second-order valence-corrected chi connectivity index (χ2v) is 5.99. The third-order valence-corrected chi connectivity index (χ3v) is 4.09. The Balaban J connectivity index is 1.99. The van der Waals surface area contributed by atoms with E-state index >= 15 is 0 Å². The topological polar surface area (TPSA) is 32.3 Å². The van der Waals surface area contributed by atoms with Gasteiger partial charge < -0.3 is 10.2 Å². The highest BCUT2D eigenvalue weighted by molar-refractivity contribution is 5.97. The number of nitrogens with zero attached hydrogens (tertiary/aromatic N) is 1. The van der Waals surface area contributed by atoms with Gasteiger partial charge in [-0.15, -0.1) is 0 Å². The van der Waals surface area contributed by atoms with E-state index in [1.807, 2.05) is 6.92 Å². The molecule has 0 amide bonds. The summed E-state index contributed by atoms with van der Waals surface area (Å²) in [5.74, 6) is 0.749. The Morgan fingerprint density at radius 2 is 2.00 bits per heavy atom. The van der Waals surface area contributed by atoms with E-state index in [1.54, 1.807) is 0 Å². The van der Waals surface area contributed by atoms with Crippen molar-refractivity contribution in [2.24, 2.45) is 0 Å². The monoisotopic (exact) mass is 274 g/mol. The number of Topliss-reactive ketones (excluding diaryl/α,β-unsaturated/α-hetero) is 1. The Bertz CT molecular complexity index is 462. The highest BCUT2D eigenvalue weighted by Gasteiger charge is 2.14. The van der Waals surface area contributed by atoms with Crippen molar-refractivity contribution in [2.75, 3.05) is 32.7 Å². The van der Waals surface area contributed by atoms with Gasteiger partial charge in [-0.05, 0) is 30.0 Å². The molecule has 0 aliphatic carbocycles. The van der Waals surface area contributed by atoms with E-state index in [0.29, 0.717) is 12.3 Å². The lowest BCUT2D eigenvalue weighted by Gasteiger charge is -2.26. The molecule has 1 aliphatic heterocycles. The molecule has 1 aromatic carbocycles. The van der Waals surface area contributed by atoms with Crippen molar-refractivity contribution in [3.8, 4) is 0 Å². The van der Waals surface area contributed by atoms with Gasteiger partial charge in [0.2, 0.25) is 0 Å². The number of piperazine rings is 1. The first-order valence-corrected chi connectivity index (χ1v) is 7.64. The van der Waals surface area contributed by atoms with Crippen LogP contribution in [-0.2, 0) is 0 Å². The van der Waals surface area contributed by atoms with E-state index in [4.69, 9.17) is 0 Å². The normalized spacial score (nSPS) is 16.6. The quantitative estimate of drug-likeness (QED) is 0.838. The van der Waals surface area contributed by atoms with E-state index in [-0.39, 0.29) is 5.78 Å². The van der Waals surface area contributed by atoms with Gasteiger partial charge in [0, 0.05) is 44.7 Å². The van der Waals surface area contributed by atoms with Crippen molar-refractivity contribution in [1.82, 2.24) is 10.2 Å². The molecule has 110 valence electrons. The summed E-state index contributed by atoms with van der Waals surface area (Å²) in [5.41, 5.74) is 3.26. The van der Waals surface area contributed by atoms with Gasteiger partial charge in [-0.1, -0.05) is 26.0 Å². The van der Waals surface area contributed by atoms with Gasteiger partial charge in [-0.2, -0.15) is 0 Å². The summed E-state index contributed by atoms with van der Waals surface area (Å²) in [6.07, 6.45) is 0.627. The third-order valence-electron chi connectivity index (χ3n) is 4.09. The van der Waals surface area contributed by atoms with Crippen LogP contribution in [0.3, 0.4) is 0 Å². The molecule has 3 heteroatoms. The summed E-state index contributed by atoms with van der Waals surface area (Å²) in [6, 6.07) is 6.29. The lowest BCUT2D eigenvalue weighted by Crippen LogP contribution is -2.44. The Hall–Kier alpha value is -1.19. The number of ketones is 1. The number of carbonyl (C=O) groups is 1. The molecule has 2 rings (SSSR count). The van der Waals surface area contributed by atoms with Crippen molar-refractivity contribution in [3.05, 3.63) is 34.9 Å². The average Bonchev–Trinajstić information content (AvgIpc) is 2.46. The summed E-state index contributed by atoms with van der Waals surface area (Å²) in [6.45, 7) is 11.4. The summed E-state index contributed by atoms with van der Waals surface area (Å²) < 4.78 is 0. The predicted molar refractivity (Wildman–Crippen MR) is 83.5 cm³/mol. The molecule has 0 bridgehead atoms. The largest absolute Gasteiger partial charge is 0.314 e. The fraction of sp³-hybridized carbons (Fsp3) is 0.588. The molecule has 20 heavy (non-hydrogen) atoms. The molecular formula is C17H26N2O. The molecule has 3 nitrogen and oxygen atoms in total. The second kappa shape index (κ2) is 7.00. The van der Waals surface area contributed by atoms with Crippen molar-refractivity contribution in [1.29, 1.82) is 0 Å². The van der Waals surface area contributed by atoms with Crippen LogP contribution in [0.1, 0.15) is 47.7 Å². The highest BCUT2D eigenvalue weighted by Crippen LogP contribution is 2.19. The van der Waals surface area contributed by atoms with Gasteiger partial charge in [-0.25, -0.2) is 0 Å². The van der Waals surface area contributed by atoms with Crippen molar-refractivity contribution in [2.45, 2.75) is 33.1 Å². The molecule has 0 radical (unpaired) electrons. The molecule has 0 unspecified atom stereocenters. The third kappa shape index (κ3) is 3.90. The minimum absolute atomic E-state index is 0.281. The summed E-state index contributed by atoms with van der Waals surface area (Å²) in [4.78, 5) is 14.8. The summed E-state index contributed by atoms with van der Waals surface area (Å²) >= 11 is 0. The number of hydrogen-bond acceptors (Lipinski definition) is 3. The van der Waals surface area contributed by atoms with E-state index < -0.39 is 0 Å². The molecule has 0 atom stereocenters. The van der Waals surface area contributed by atoms with Gasteiger partial charge in [0.1, 0.15) is 0 Å². The van der Waals surface area contributed by atoms with Crippen molar-refractivity contribution in [3.63, 3.8) is 0 Å². The number of aryl methyl sites for hydroxylation is 1. The number of benzene rings is 1. The Morgan fingerprint density at radius 3 is 2.65 bits per heavy atom. The van der Waals surface area contributed by atoms with Gasteiger partial charge >= 0.3 is 0 Å². The zero-order chi connectivity index (χ0) is 14.5. The van der Waals surface area contributed by atoms with Gasteiger partial charge in [0.05, 0.1) is 0 Å². The van der Waals surface area contributed by atoms with Crippen LogP contribution < -0.4 is 5.32 Å². The molecule has 1 heterocycles. The zero-order valence-corrected chi connectivity index (χ0v) is 12.9. The summed E-state index contributed by atoms with van der Waals surface area (Å²) in [7, 11) is 0. The SMILES string of the molecule is Cc1ccc(C(C)C)cc1C(=O)CCN1CCNCC1. The maximum Gasteiger partial charge on any atom is 0.164 e. The van der Waals surface area contributed by atoms with Crippen LogP contribution in [0.15, 0.2) is 18.2 Å². The van der Waals surface area contributed by atoms with Crippen LogP contribution in [-0.4, -0.2) is 43.4 Å². The molecule has 1 aromatic rings. The van der Waals surface area contributed by atoms with Crippen LogP contribution in [0.5, 0.6) is 0 Å². The van der Waals surface area contributed by atoms with Crippen LogP contribution >= 0.6 is 0 Å². The minimum Gasteiger partial charge on any atom is -0.314 e. The van der Waals surface area contributed by atoms with Gasteiger partial charge in [-0.3, -0.25) is 4.79 Å². The van der Waals surface area contributed by atoms with Gasteiger partial charge in [0.15, 0.2) is 5.78 Å². The van der Waals surface area contributed by atoms with E-state index in [1.165, 1.54) is 5.56 Å². The maximum atomic E-state index is 12.4. The molecule has 1 fully saturated rings. The summed E-state index contributed by atoms with van der Waals surface area (Å²) in [5, 5.41) is 3.34. The average molecular weight is 274 g/mol. The molecule has 0 spiro atoms. The molecular weight excluding hydrogens is 248 g/mol. The first kappa shape index (κ1) is 15.2. The smallest absolute Gasteiger partial charge is 0.164 e. The molecule has 1 saturated heterocycles. The van der Waals surface area contributed by atoms with Crippen LogP contribution in [0.25, 0.3) is 0 Å². The fourth-order valence-electron chi connectivity index (χ4n) is 2.63. The van der Waals surface area contributed by atoms with E-state index in [2.05, 4.69) is 42.3 Å².